The number of anilines is 1. The van der Waals surface area contributed by atoms with Gasteiger partial charge in [0, 0.05) is 44.3 Å². The molecule has 2 aromatic heterocycles. The Morgan fingerprint density at radius 3 is 2.51 bits per heavy atom. The van der Waals surface area contributed by atoms with Gasteiger partial charge in [-0.1, -0.05) is 27.7 Å². The van der Waals surface area contributed by atoms with Gasteiger partial charge in [-0.05, 0) is 62.2 Å². The van der Waals surface area contributed by atoms with Crippen molar-refractivity contribution in [1.82, 2.24) is 20.2 Å². The Balaban J connectivity index is 0.00000130. The molecule has 262 valence electrons. The van der Waals surface area contributed by atoms with Crippen molar-refractivity contribution in [3.63, 3.8) is 0 Å². The topological polar surface area (TPSA) is 130 Å². The maximum Gasteiger partial charge on any atom is 0.306 e. The zero-order valence-electron chi connectivity index (χ0n) is 29.3. The number of amides is 1. The van der Waals surface area contributed by atoms with Crippen LogP contribution in [0.2, 0.25) is 0 Å². The summed E-state index contributed by atoms with van der Waals surface area (Å²) >= 11 is 0. The van der Waals surface area contributed by atoms with Crippen LogP contribution in [0, 0.1) is 22.6 Å². The van der Waals surface area contributed by atoms with Gasteiger partial charge in [-0.25, -0.2) is 14.4 Å². The molecule has 1 amide bonds. The van der Waals surface area contributed by atoms with Crippen molar-refractivity contribution < 1.29 is 28.2 Å². The Bertz CT molecular complexity index is 1630. The molecule has 1 saturated carbocycles. The van der Waals surface area contributed by atoms with Crippen LogP contribution in [0.4, 0.5) is 10.1 Å². The predicted octanol–water partition coefficient (Wildman–Crippen LogP) is 5.63. The zero-order chi connectivity index (χ0) is 35.6. The Morgan fingerprint density at radius 2 is 1.84 bits per heavy atom. The first-order chi connectivity index (χ1) is 23.8. The molecule has 3 aliphatic rings. The third-order valence-corrected chi connectivity index (χ3v) is 8.64. The Morgan fingerprint density at radius 1 is 1.10 bits per heavy atom. The van der Waals surface area contributed by atoms with Crippen molar-refractivity contribution in [2.24, 2.45) is 5.41 Å². The van der Waals surface area contributed by atoms with Gasteiger partial charge in [-0.15, -0.1) is 0 Å². The summed E-state index contributed by atoms with van der Waals surface area (Å²) in [7, 11) is 1.37. The SMILES string of the molecule is CC.CC.CCOc1ncccc1-c1ccc(OC2CC3(C2)CN(c2ccc(F)cc2C#N)C3)c(C(=O)NC2CN(CCC(=O)OC)C2)n1. The van der Waals surface area contributed by atoms with Crippen LogP contribution in [-0.2, 0) is 9.53 Å². The maximum atomic E-state index is 13.6. The summed E-state index contributed by atoms with van der Waals surface area (Å²) in [4.78, 5) is 38.3. The Hall–Kier alpha value is -4.76. The van der Waals surface area contributed by atoms with Gasteiger partial charge < -0.3 is 24.4 Å². The molecule has 0 atom stereocenters. The number of nitriles is 1. The quantitative estimate of drug-likeness (QED) is 0.256. The van der Waals surface area contributed by atoms with Crippen LogP contribution in [0.3, 0.4) is 0 Å². The number of nitrogens with zero attached hydrogens (tertiary/aromatic N) is 5. The molecule has 0 bridgehead atoms. The molecule has 1 aromatic carbocycles. The van der Waals surface area contributed by atoms with E-state index >= 15 is 0 Å². The van der Waals surface area contributed by atoms with E-state index in [1.807, 2.05) is 40.7 Å². The van der Waals surface area contributed by atoms with Crippen LogP contribution in [-0.4, -0.2) is 85.3 Å². The molecular weight excluding hydrogens is 627 g/mol. The summed E-state index contributed by atoms with van der Waals surface area (Å²) < 4.78 is 30.4. The van der Waals surface area contributed by atoms with Gasteiger partial charge in [0.1, 0.15) is 18.0 Å². The fraction of sp³-hybridized carbons (Fsp3) is 0.486. The van der Waals surface area contributed by atoms with Crippen molar-refractivity contribution in [2.75, 3.05) is 51.3 Å². The first-order valence-electron chi connectivity index (χ1n) is 17.1. The third kappa shape index (κ3) is 8.64. The number of carbonyl (C=O) groups excluding carboxylic acids is 2. The monoisotopic (exact) mass is 674 g/mol. The summed E-state index contributed by atoms with van der Waals surface area (Å²) in [5.74, 6) is -0.185. The van der Waals surface area contributed by atoms with Crippen LogP contribution in [0.1, 0.15) is 69.9 Å². The number of esters is 1. The summed E-state index contributed by atoms with van der Waals surface area (Å²) in [6, 6.07) is 13.5. The number of likely N-dealkylation sites (tertiary alicyclic amines) is 1. The molecule has 4 heterocycles. The highest BCUT2D eigenvalue weighted by atomic mass is 19.1. The Kier molecular flexibility index (Phi) is 12.9. The number of pyridine rings is 2. The third-order valence-electron chi connectivity index (χ3n) is 8.64. The molecule has 49 heavy (non-hydrogen) atoms. The van der Waals surface area contributed by atoms with Crippen molar-refractivity contribution in [3.05, 3.63) is 65.7 Å². The Labute approximate surface area is 288 Å². The summed E-state index contributed by atoms with van der Waals surface area (Å²) in [6.07, 6.45) is 3.45. The molecular formula is C37H47FN6O5. The molecule has 1 aliphatic carbocycles. The molecule has 3 aromatic rings. The van der Waals surface area contributed by atoms with Gasteiger partial charge >= 0.3 is 5.97 Å². The number of carbonyl (C=O) groups is 2. The largest absolute Gasteiger partial charge is 0.488 e. The summed E-state index contributed by atoms with van der Waals surface area (Å²) in [6.45, 7) is 13.6. The molecule has 3 fully saturated rings. The number of benzene rings is 1. The summed E-state index contributed by atoms with van der Waals surface area (Å²) in [5.41, 5.74) is 2.54. The number of halogens is 1. The second-order valence-electron chi connectivity index (χ2n) is 11.9. The highest BCUT2D eigenvalue weighted by Crippen LogP contribution is 2.51. The normalized spacial score (nSPS) is 16.2. The van der Waals surface area contributed by atoms with E-state index < -0.39 is 5.82 Å². The average Bonchev–Trinajstić information content (AvgIpc) is 3.08. The number of aromatic nitrogens is 2. The van der Waals surface area contributed by atoms with E-state index in [2.05, 4.69) is 26.2 Å². The van der Waals surface area contributed by atoms with Crippen LogP contribution >= 0.6 is 0 Å². The first kappa shape index (κ1) is 37.1. The summed E-state index contributed by atoms with van der Waals surface area (Å²) in [5, 5.41) is 12.5. The first-order valence-corrected chi connectivity index (χ1v) is 17.1. The number of methoxy groups -OCH3 is 1. The van der Waals surface area contributed by atoms with E-state index in [0.29, 0.717) is 61.1 Å². The van der Waals surface area contributed by atoms with E-state index in [-0.39, 0.29) is 35.1 Å². The molecule has 6 rings (SSSR count). The number of nitrogens with one attached hydrogen (secondary N) is 1. The van der Waals surface area contributed by atoms with Crippen LogP contribution in [0.25, 0.3) is 11.3 Å². The molecule has 2 aliphatic heterocycles. The van der Waals surface area contributed by atoms with Crippen LogP contribution in [0.15, 0.2) is 48.7 Å². The minimum absolute atomic E-state index is 0.0588. The van der Waals surface area contributed by atoms with Gasteiger partial charge in [-0.3, -0.25) is 14.5 Å². The fourth-order valence-corrected chi connectivity index (χ4v) is 6.38. The molecule has 12 heteroatoms. The lowest BCUT2D eigenvalue weighted by Gasteiger charge is -2.59. The van der Waals surface area contributed by atoms with Crippen LogP contribution in [0.5, 0.6) is 11.6 Å². The van der Waals surface area contributed by atoms with Crippen molar-refractivity contribution in [1.29, 1.82) is 5.26 Å². The van der Waals surface area contributed by atoms with Crippen molar-refractivity contribution in [3.8, 4) is 29.0 Å². The van der Waals surface area contributed by atoms with E-state index in [1.165, 1.54) is 19.2 Å². The fourth-order valence-electron chi connectivity index (χ4n) is 6.38. The van der Waals surface area contributed by atoms with Gasteiger partial charge in [0.25, 0.3) is 5.91 Å². The number of ether oxygens (including phenoxy) is 3. The molecule has 0 unspecified atom stereocenters. The molecule has 11 nitrogen and oxygen atoms in total. The van der Waals surface area contributed by atoms with Gasteiger partial charge in [-0.2, -0.15) is 5.26 Å². The second-order valence-corrected chi connectivity index (χ2v) is 11.9. The lowest BCUT2D eigenvalue weighted by atomic mass is 9.61. The zero-order valence-corrected chi connectivity index (χ0v) is 29.3. The molecule has 1 spiro atoms. The van der Waals surface area contributed by atoms with Crippen molar-refractivity contribution >= 4 is 17.6 Å². The second kappa shape index (κ2) is 17.1. The molecule has 2 saturated heterocycles. The van der Waals surface area contributed by atoms with Crippen molar-refractivity contribution in [2.45, 2.75) is 66.0 Å². The van der Waals surface area contributed by atoms with E-state index in [4.69, 9.17) is 19.2 Å². The number of hydrogen-bond acceptors (Lipinski definition) is 10. The minimum atomic E-state index is -0.423. The van der Waals surface area contributed by atoms with Crippen LogP contribution < -0.4 is 19.7 Å². The van der Waals surface area contributed by atoms with E-state index in [0.717, 1.165) is 31.6 Å². The van der Waals surface area contributed by atoms with E-state index in [1.54, 1.807) is 30.5 Å². The average molecular weight is 675 g/mol. The van der Waals surface area contributed by atoms with Gasteiger partial charge in [0.15, 0.2) is 11.4 Å². The number of hydrogen-bond donors (Lipinski definition) is 1. The highest BCUT2D eigenvalue weighted by Gasteiger charge is 2.54. The lowest BCUT2D eigenvalue weighted by Crippen LogP contribution is -2.65. The minimum Gasteiger partial charge on any atom is -0.488 e. The molecule has 1 N–H and O–H groups in total. The lowest BCUT2D eigenvalue weighted by molar-refractivity contribution is -0.141. The number of rotatable bonds is 11. The molecule has 0 radical (unpaired) electrons. The van der Waals surface area contributed by atoms with E-state index in [9.17, 15) is 19.2 Å². The predicted molar refractivity (Wildman–Crippen MR) is 185 cm³/mol. The maximum absolute atomic E-state index is 13.6. The van der Waals surface area contributed by atoms with Gasteiger partial charge in [0.2, 0.25) is 5.88 Å². The highest BCUT2D eigenvalue weighted by molar-refractivity contribution is 5.96. The smallest absolute Gasteiger partial charge is 0.306 e. The standard InChI is InChI=1S/C33H35FN6O5.2C2H6/c1-3-44-32-25(5-4-11-36-32)26-7-9-28(30(38-26)31(42)37-23-17-39(18-23)12-10-29(41)43-2)45-24-14-33(15-24)19-40(20-33)27-8-6-22(34)13-21(27)16-35;2*1-2/h4-9,11,13,23-24H,3,10,12,14-15,17-20H2,1-2H3,(H,37,42);2*1-2H3. The van der Waals surface area contributed by atoms with Gasteiger partial charge in [0.05, 0.1) is 48.7 Å².